The number of nitrogens with zero attached hydrogens (tertiary/aromatic N) is 2. The molecule has 2 fully saturated rings. The molecule has 0 amide bonds. The monoisotopic (exact) mass is 662 g/mol. The number of carbonyl (C=O) groups excluding carboxylic acids is 1. The van der Waals surface area contributed by atoms with Crippen molar-refractivity contribution in [2.45, 2.75) is 69.6 Å². The first-order valence-electron chi connectivity index (χ1n) is 18.2. The minimum absolute atomic E-state index is 0.0587. The van der Waals surface area contributed by atoms with Gasteiger partial charge >= 0.3 is 5.97 Å². The molecular weight excluding hydrogens is 608 g/mol. The Balaban J connectivity index is 0.000000195. The first kappa shape index (κ1) is 36.5. The maximum Gasteiger partial charge on any atom is 0.313 e. The van der Waals surface area contributed by atoms with Crippen LogP contribution in [0.1, 0.15) is 79.7 Å². The second kappa shape index (κ2) is 19.4. The van der Waals surface area contributed by atoms with E-state index in [-0.39, 0.29) is 30.6 Å². The van der Waals surface area contributed by atoms with E-state index in [4.69, 9.17) is 9.47 Å². The van der Waals surface area contributed by atoms with E-state index in [1.165, 1.54) is 36.0 Å². The summed E-state index contributed by atoms with van der Waals surface area (Å²) in [4.78, 5) is 17.3. The van der Waals surface area contributed by atoms with Gasteiger partial charge in [-0.25, -0.2) is 0 Å². The van der Waals surface area contributed by atoms with E-state index in [2.05, 4.69) is 89.5 Å². The molecule has 0 aromatic heterocycles. The highest BCUT2D eigenvalue weighted by atomic mass is 16.5. The van der Waals surface area contributed by atoms with Crippen molar-refractivity contribution in [1.82, 2.24) is 9.80 Å². The number of benzene rings is 4. The fourth-order valence-corrected chi connectivity index (χ4v) is 7.51. The fraction of sp³-hybridized carbons (Fsp3) is 0.419. The molecule has 1 N–H and O–H groups in total. The molecule has 4 aromatic carbocycles. The van der Waals surface area contributed by atoms with Crippen LogP contribution in [0.5, 0.6) is 0 Å². The Bertz CT molecular complexity index is 1450. The van der Waals surface area contributed by atoms with E-state index in [0.29, 0.717) is 25.2 Å². The zero-order valence-electron chi connectivity index (χ0n) is 29.3. The normalized spacial score (nSPS) is 20.6. The van der Waals surface area contributed by atoms with Gasteiger partial charge in [-0.1, -0.05) is 135 Å². The Kier molecular flexibility index (Phi) is 14.4. The van der Waals surface area contributed by atoms with E-state index in [1.54, 1.807) is 0 Å². The predicted octanol–water partition coefficient (Wildman–Crippen LogP) is 7.85. The van der Waals surface area contributed by atoms with Crippen LogP contribution in [-0.2, 0) is 14.3 Å². The first-order chi connectivity index (χ1) is 24.1. The molecule has 4 aromatic rings. The molecule has 0 saturated carbocycles. The van der Waals surface area contributed by atoms with E-state index in [9.17, 15) is 9.90 Å². The number of piperidine rings is 1. The van der Waals surface area contributed by atoms with Gasteiger partial charge in [0.1, 0.15) is 6.61 Å². The van der Waals surface area contributed by atoms with Crippen molar-refractivity contribution in [3.8, 4) is 0 Å². The molecule has 4 atom stereocenters. The molecule has 0 bridgehead atoms. The van der Waals surface area contributed by atoms with E-state index in [1.807, 2.05) is 55.5 Å². The van der Waals surface area contributed by atoms with Gasteiger partial charge < -0.3 is 14.6 Å². The second-order valence-corrected chi connectivity index (χ2v) is 13.1. The van der Waals surface area contributed by atoms with Gasteiger partial charge in [0.05, 0.1) is 25.2 Å². The maximum atomic E-state index is 12.5. The van der Waals surface area contributed by atoms with Gasteiger partial charge in [0.25, 0.3) is 0 Å². The molecule has 2 aliphatic rings. The number of likely N-dealkylation sites (tertiary alicyclic amines) is 1. The molecule has 2 aliphatic heterocycles. The SMILES string of the molecule is CCC(C(=O)OCCN1CCOC(c2ccccc2)C1C)c1ccccc1.OCCN1CCCCC1C(c1ccccc1)c1ccccc1. The van der Waals surface area contributed by atoms with Gasteiger partial charge in [0, 0.05) is 37.6 Å². The molecule has 6 nitrogen and oxygen atoms in total. The molecule has 260 valence electrons. The molecule has 2 heterocycles. The highest BCUT2D eigenvalue weighted by molar-refractivity contribution is 5.78. The molecule has 6 heteroatoms. The van der Waals surface area contributed by atoms with Gasteiger partial charge in [0.2, 0.25) is 0 Å². The van der Waals surface area contributed by atoms with Gasteiger partial charge in [-0.2, -0.15) is 0 Å². The average Bonchev–Trinajstić information content (AvgIpc) is 3.16. The van der Waals surface area contributed by atoms with Crippen LogP contribution >= 0.6 is 0 Å². The predicted molar refractivity (Wildman–Crippen MR) is 198 cm³/mol. The summed E-state index contributed by atoms with van der Waals surface area (Å²) in [5.41, 5.74) is 4.97. The summed E-state index contributed by atoms with van der Waals surface area (Å²) in [7, 11) is 0. The van der Waals surface area contributed by atoms with Crippen molar-refractivity contribution < 1.29 is 19.4 Å². The van der Waals surface area contributed by atoms with Crippen LogP contribution in [0.3, 0.4) is 0 Å². The highest BCUT2D eigenvalue weighted by Gasteiger charge is 2.32. The summed E-state index contributed by atoms with van der Waals surface area (Å²) in [6.07, 6.45) is 4.53. The Morgan fingerprint density at radius 1 is 0.776 bits per heavy atom. The zero-order valence-corrected chi connectivity index (χ0v) is 29.3. The van der Waals surface area contributed by atoms with Crippen molar-refractivity contribution >= 4 is 5.97 Å². The number of morpholine rings is 1. The summed E-state index contributed by atoms with van der Waals surface area (Å²) in [6.45, 7) is 9.01. The number of carbonyl (C=O) groups is 1. The maximum absolute atomic E-state index is 12.5. The number of aliphatic hydroxyl groups excluding tert-OH is 1. The minimum atomic E-state index is -0.189. The van der Waals surface area contributed by atoms with Crippen LogP contribution in [0.25, 0.3) is 0 Å². The van der Waals surface area contributed by atoms with Crippen LogP contribution in [0.4, 0.5) is 0 Å². The molecule has 6 rings (SSSR count). The fourth-order valence-electron chi connectivity index (χ4n) is 7.51. The topological polar surface area (TPSA) is 62.2 Å². The van der Waals surface area contributed by atoms with Crippen LogP contribution in [0.15, 0.2) is 121 Å². The first-order valence-corrected chi connectivity index (χ1v) is 18.2. The second-order valence-electron chi connectivity index (χ2n) is 13.1. The Hall–Kier alpha value is -3.81. The third-order valence-electron chi connectivity index (χ3n) is 10.1. The lowest BCUT2D eigenvalue weighted by molar-refractivity contribution is -0.147. The van der Waals surface area contributed by atoms with Crippen molar-refractivity contribution in [1.29, 1.82) is 0 Å². The highest BCUT2D eigenvalue weighted by Crippen LogP contribution is 2.35. The Morgan fingerprint density at radius 3 is 1.92 bits per heavy atom. The van der Waals surface area contributed by atoms with Crippen molar-refractivity contribution in [2.75, 3.05) is 46.0 Å². The van der Waals surface area contributed by atoms with Crippen LogP contribution in [-0.4, -0.2) is 79.0 Å². The Morgan fingerprint density at radius 2 is 1.35 bits per heavy atom. The van der Waals surface area contributed by atoms with E-state index >= 15 is 0 Å². The zero-order chi connectivity index (χ0) is 34.3. The van der Waals surface area contributed by atoms with Crippen molar-refractivity contribution in [3.63, 3.8) is 0 Å². The number of rotatable bonds is 12. The molecular formula is C43H54N2O4. The largest absolute Gasteiger partial charge is 0.464 e. The summed E-state index contributed by atoms with van der Waals surface area (Å²) in [5.74, 6) is 0.0591. The molecule has 49 heavy (non-hydrogen) atoms. The number of ether oxygens (including phenoxy) is 2. The van der Waals surface area contributed by atoms with Crippen molar-refractivity contribution in [2.24, 2.45) is 0 Å². The van der Waals surface area contributed by atoms with Gasteiger partial charge in [-0.15, -0.1) is 0 Å². The van der Waals surface area contributed by atoms with Crippen LogP contribution in [0, 0.1) is 0 Å². The van der Waals surface area contributed by atoms with E-state index in [0.717, 1.165) is 38.2 Å². The Labute approximate surface area is 293 Å². The number of hydrogen-bond acceptors (Lipinski definition) is 6. The molecule has 0 radical (unpaired) electrons. The van der Waals surface area contributed by atoms with Crippen molar-refractivity contribution in [3.05, 3.63) is 144 Å². The summed E-state index contributed by atoms with van der Waals surface area (Å²) in [5, 5.41) is 9.42. The standard InChI is InChI=1S/C23H29NO3.C20H25NO/c1-3-21(19-10-6-4-7-11-19)23(25)27-17-15-24-14-16-26-22(18(24)2)20-12-8-5-9-13-20;22-16-15-21-14-8-7-13-19(21)20(17-9-3-1-4-10-17)18-11-5-2-6-12-18/h4-13,18,21-22H,3,14-17H2,1-2H3;1-6,9-12,19-20,22H,7-8,13-16H2. The van der Waals surface area contributed by atoms with Crippen LogP contribution < -0.4 is 0 Å². The third-order valence-corrected chi connectivity index (χ3v) is 10.1. The average molecular weight is 663 g/mol. The smallest absolute Gasteiger partial charge is 0.313 e. The number of hydrogen-bond donors (Lipinski definition) is 1. The van der Waals surface area contributed by atoms with Gasteiger partial charge in [-0.05, 0) is 55.0 Å². The van der Waals surface area contributed by atoms with E-state index < -0.39 is 0 Å². The third kappa shape index (κ3) is 10.1. The summed E-state index contributed by atoms with van der Waals surface area (Å²) in [6, 6.07) is 42.5. The summed E-state index contributed by atoms with van der Waals surface area (Å²) < 4.78 is 11.6. The number of aliphatic hydroxyl groups is 1. The lowest BCUT2D eigenvalue weighted by Crippen LogP contribution is -2.47. The minimum Gasteiger partial charge on any atom is -0.464 e. The quantitative estimate of drug-likeness (QED) is 0.156. The molecule has 0 spiro atoms. The number of β-amino-alcohol motifs (C(OH)–C–C–N with tert-alkyl or cyclic N) is 1. The molecule has 2 saturated heterocycles. The summed E-state index contributed by atoms with van der Waals surface area (Å²) >= 11 is 0. The van der Waals surface area contributed by atoms with Crippen LogP contribution in [0.2, 0.25) is 0 Å². The lowest BCUT2D eigenvalue weighted by Gasteiger charge is -2.40. The molecule has 0 aliphatic carbocycles. The lowest BCUT2D eigenvalue weighted by atomic mass is 9.80. The van der Waals surface area contributed by atoms with Gasteiger partial charge in [-0.3, -0.25) is 14.6 Å². The number of esters is 1. The molecule has 4 unspecified atom stereocenters. The van der Waals surface area contributed by atoms with Gasteiger partial charge in [0.15, 0.2) is 0 Å².